The Balaban J connectivity index is 1.94. The van der Waals surface area contributed by atoms with Crippen molar-refractivity contribution in [3.8, 4) is 11.5 Å². The normalized spacial score (nSPS) is 10.4. The summed E-state index contributed by atoms with van der Waals surface area (Å²) in [5.41, 5.74) is 0.286. The maximum absolute atomic E-state index is 13.8. The van der Waals surface area contributed by atoms with Crippen LogP contribution in [0.25, 0.3) is 10.8 Å². The third-order valence-electron chi connectivity index (χ3n) is 3.04. The molecule has 0 N–H and O–H groups in total. The van der Waals surface area contributed by atoms with E-state index >= 15 is 0 Å². The molecular weight excluding hydrogens is 255 g/mol. The van der Waals surface area contributed by atoms with Crippen molar-refractivity contribution in [3.05, 3.63) is 72.0 Å². The van der Waals surface area contributed by atoms with Gasteiger partial charge in [-0.25, -0.2) is 4.39 Å². The number of hydrogen-bond donors (Lipinski definition) is 0. The van der Waals surface area contributed by atoms with E-state index in [1.165, 1.54) is 12.1 Å². The first-order valence-electron chi connectivity index (χ1n) is 6.18. The van der Waals surface area contributed by atoms with E-state index in [9.17, 15) is 9.18 Å². The van der Waals surface area contributed by atoms with E-state index in [-0.39, 0.29) is 11.3 Å². The van der Waals surface area contributed by atoms with E-state index in [1.807, 2.05) is 36.4 Å². The lowest BCUT2D eigenvalue weighted by molar-refractivity contribution is 0.112. The highest BCUT2D eigenvalue weighted by Crippen LogP contribution is 2.27. The van der Waals surface area contributed by atoms with Gasteiger partial charge in [-0.1, -0.05) is 30.3 Å². The van der Waals surface area contributed by atoms with Gasteiger partial charge < -0.3 is 4.74 Å². The molecule has 98 valence electrons. The van der Waals surface area contributed by atoms with Crippen LogP contribution in [0.3, 0.4) is 0 Å². The van der Waals surface area contributed by atoms with Crippen LogP contribution >= 0.6 is 0 Å². The molecule has 0 saturated heterocycles. The van der Waals surface area contributed by atoms with Gasteiger partial charge in [0.2, 0.25) is 0 Å². The molecule has 0 amide bonds. The fraction of sp³-hybridized carbons (Fsp3) is 0. The Labute approximate surface area is 115 Å². The van der Waals surface area contributed by atoms with Crippen LogP contribution in [0.2, 0.25) is 0 Å². The largest absolute Gasteiger partial charge is 0.454 e. The molecule has 0 unspecified atom stereocenters. The molecule has 0 aromatic heterocycles. The van der Waals surface area contributed by atoms with Crippen LogP contribution in [0, 0.1) is 5.82 Å². The number of halogens is 1. The van der Waals surface area contributed by atoms with Crippen LogP contribution in [-0.2, 0) is 0 Å². The number of benzene rings is 3. The van der Waals surface area contributed by atoms with Crippen molar-refractivity contribution >= 4 is 17.1 Å². The number of hydrogen-bond acceptors (Lipinski definition) is 2. The van der Waals surface area contributed by atoms with Crippen molar-refractivity contribution in [2.75, 3.05) is 0 Å². The summed E-state index contributed by atoms with van der Waals surface area (Å²) in [6, 6.07) is 17.5. The average Bonchev–Trinajstić information content (AvgIpc) is 2.49. The molecular formula is C17H11FO2. The number of aldehydes is 1. The van der Waals surface area contributed by atoms with Crippen LogP contribution in [0.1, 0.15) is 10.4 Å². The summed E-state index contributed by atoms with van der Waals surface area (Å²) in [5.74, 6) is 0.107. The summed E-state index contributed by atoms with van der Waals surface area (Å²) in [6.07, 6.45) is 0.600. The molecule has 0 heterocycles. The molecule has 3 aromatic carbocycles. The average molecular weight is 266 g/mol. The Kier molecular flexibility index (Phi) is 3.17. The maximum Gasteiger partial charge on any atom is 0.166 e. The first-order chi connectivity index (χ1) is 9.76. The van der Waals surface area contributed by atoms with Gasteiger partial charge in [-0.05, 0) is 41.1 Å². The summed E-state index contributed by atoms with van der Waals surface area (Å²) >= 11 is 0. The quantitative estimate of drug-likeness (QED) is 0.648. The van der Waals surface area contributed by atoms with E-state index in [0.717, 1.165) is 16.8 Å². The molecule has 3 aromatic rings. The van der Waals surface area contributed by atoms with Crippen LogP contribution in [-0.4, -0.2) is 6.29 Å². The van der Waals surface area contributed by atoms with Gasteiger partial charge in [-0.2, -0.15) is 0 Å². The zero-order valence-corrected chi connectivity index (χ0v) is 10.5. The highest BCUT2D eigenvalue weighted by Gasteiger charge is 2.06. The molecule has 0 atom stereocenters. The van der Waals surface area contributed by atoms with Crippen molar-refractivity contribution < 1.29 is 13.9 Å². The zero-order valence-electron chi connectivity index (χ0n) is 10.5. The third kappa shape index (κ3) is 2.38. The second-order valence-corrected chi connectivity index (χ2v) is 4.42. The fourth-order valence-electron chi connectivity index (χ4n) is 2.03. The van der Waals surface area contributed by atoms with Gasteiger partial charge in [-0.3, -0.25) is 4.79 Å². The molecule has 0 aliphatic rings. The molecule has 2 nitrogen and oxygen atoms in total. The second-order valence-electron chi connectivity index (χ2n) is 4.42. The molecule has 0 spiro atoms. The summed E-state index contributed by atoms with van der Waals surface area (Å²) in [4.78, 5) is 10.6. The molecule has 0 radical (unpaired) electrons. The SMILES string of the molecule is O=Cc1ccc(Oc2ccc3ccccc3c2)c(F)c1. The minimum atomic E-state index is -0.553. The molecule has 0 bridgehead atoms. The molecule has 3 heteroatoms. The first kappa shape index (κ1) is 12.4. The molecule has 0 aliphatic carbocycles. The van der Waals surface area contributed by atoms with Crippen LogP contribution in [0.4, 0.5) is 4.39 Å². The van der Waals surface area contributed by atoms with Crippen molar-refractivity contribution in [1.82, 2.24) is 0 Å². The lowest BCUT2D eigenvalue weighted by atomic mass is 10.1. The summed E-state index contributed by atoms with van der Waals surface area (Å²) in [5, 5.41) is 2.12. The predicted molar refractivity (Wildman–Crippen MR) is 75.8 cm³/mol. The van der Waals surface area contributed by atoms with E-state index in [4.69, 9.17) is 4.74 Å². The number of rotatable bonds is 3. The Morgan fingerprint density at radius 1 is 0.900 bits per heavy atom. The number of fused-ring (bicyclic) bond motifs is 1. The molecule has 0 aliphatic heterocycles. The summed E-state index contributed by atoms with van der Waals surface area (Å²) < 4.78 is 19.3. The third-order valence-corrected chi connectivity index (χ3v) is 3.04. The molecule has 0 fully saturated rings. The van der Waals surface area contributed by atoms with Gasteiger partial charge in [0.15, 0.2) is 11.6 Å². The highest BCUT2D eigenvalue weighted by molar-refractivity contribution is 5.83. The van der Waals surface area contributed by atoms with E-state index in [0.29, 0.717) is 12.0 Å². The molecule has 20 heavy (non-hydrogen) atoms. The Morgan fingerprint density at radius 2 is 1.70 bits per heavy atom. The van der Waals surface area contributed by atoms with Gasteiger partial charge in [-0.15, -0.1) is 0 Å². The van der Waals surface area contributed by atoms with E-state index in [2.05, 4.69) is 0 Å². The van der Waals surface area contributed by atoms with Gasteiger partial charge in [0.1, 0.15) is 12.0 Å². The molecule has 3 rings (SSSR count). The van der Waals surface area contributed by atoms with Gasteiger partial charge >= 0.3 is 0 Å². The Hall–Kier alpha value is -2.68. The van der Waals surface area contributed by atoms with Gasteiger partial charge in [0.25, 0.3) is 0 Å². The first-order valence-corrected chi connectivity index (χ1v) is 6.18. The topological polar surface area (TPSA) is 26.3 Å². The van der Waals surface area contributed by atoms with E-state index < -0.39 is 5.82 Å². The minimum absolute atomic E-state index is 0.103. The summed E-state index contributed by atoms with van der Waals surface area (Å²) in [6.45, 7) is 0. The fourth-order valence-corrected chi connectivity index (χ4v) is 2.03. The Bertz CT molecular complexity index is 781. The lowest BCUT2D eigenvalue weighted by Crippen LogP contribution is -1.90. The number of carbonyl (C=O) groups is 1. The van der Waals surface area contributed by atoms with Crippen molar-refractivity contribution in [3.63, 3.8) is 0 Å². The van der Waals surface area contributed by atoms with Gasteiger partial charge in [0, 0.05) is 5.56 Å². The standard InChI is InChI=1S/C17H11FO2/c18-16-9-12(11-19)5-8-17(16)20-15-7-6-13-3-1-2-4-14(13)10-15/h1-11H. The van der Waals surface area contributed by atoms with Crippen molar-refractivity contribution in [2.45, 2.75) is 0 Å². The second kappa shape index (κ2) is 5.13. The van der Waals surface area contributed by atoms with Gasteiger partial charge in [0.05, 0.1) is 0 Å². The van der Waals surface area contributed by atoms with Crippen molar-refractivity contribution in [1.29, 1.82) is 0 Å². The summed E-state index contributed by atoms with van der Waals surface area (Å²) in [7, 11) is 0. The Morgan fingerprint density at radius 3 is 2.45 bits per heavy atom. The smallest absolute Gasteiger partial charge is 0.166 e. The number of ether oxygens (including phenoxy) is 1. The monoisotopic (exact) mass is 266 g/mol. The molecule has 0 saturated carbocycles. The number of carbonyl (C=O) groups excluding carboxylic acids is 1. The maximum atomic E-state index is 13.8. The lowest BCUT2D eigenvalue weighted by Gasteiger charge is -2.08. The minimum Gasteiger partial charge on any atom is -0.454 e. The van der Waals surface area contributed by atoms with Crippen molar-refractivity contribution in [2.24, 2.45) is 0 Å². The zero-order chi connectivity index (χ0) is 13.9. The van der Waals surface area contributed by atoms with E-state index in [1.54, 1.807) is 6.07 Å². The van der Waals surface area contributed by atoms with Crippen LogP contribution < -0.4 is 4.74 Å². The van der Waals surface area contributed by atoms with Crippen LogP contribution in [0.5, 0.6) is 11.5 Å². The highest BCUT2D eigenvalue weighted by atomic mass is 19.1. The van der Waals surface area contributed by atoms with Crippen LogP contribution in [0.15, 0.2) is 60.7 Å². The predicted octanol–water partition coefficient (Wildman–Crippen LogP) is 4.58.